The third-order valence-corrected chi connectivity index (χ3v) is 3.34. The van der Waals surface area contributed by atoms with Crippen LogP contribution in [0.1, 0.15) is 12.7 Å². The van der Waals surface area contributed by atoms with E-state index in [0.29, 0.717) is 12.3 Å². The van der Waals surface area contributed by atoms with Gasteiger partial charge in [0.15, 0.2) is 5.16 Å². The van der Waals surface area contributed by atoms with Crippen molar-refractivity contribution >= 4 is 17.7 Å². The van der Waals surface area contributed by atoms with Gasteiger partial charge in [-0.2, -0.15) is 0 Å². The van der Waals surface area contributed by atoms with Gasteiger partial charge in [0, 0.05) is 12.8 Å². The Kier molecular flexibility index (Phi) is 4.75. The van der Waals surface area contributed by atoms with Gasteiger partial charge >= 0.3 is 0 Å². The molecule has 1 atom stereocenters. The maximum absolute atomic E-state index is 11.1. The van der Waals surface area contributed by atoms with E-state index in [1.807, 2.05) is 25.5 Å². The highest BCUT2D eigenvalue weighted by Crippen LogP contribution is 2.16. The largest absolute Gasteiger partial charge is 0.368 e. The van der Waals surface area contributed by atoms with E-state index < -0.39 is 0 Å². The first-order chi connectivity index (χ1) is 7.56. The molecule has 6 nitrogen and oxygen atoms in total. The highest BCUT2D eigenvalue weighted by molar-refractivity contribution is 7.99. The molecule has 1 unspecified atom stereocenters. The molecule has 0 bridgehead atoms. The first kappa shape index (κ1) is 13.0. The molecule has 16 heavy (non-hydrogen) atoms. The van der Waals surface area contributed by atoms with Gasteiger partial charge in [0.1, 0.15) is 5.82 Å². The number of nitrogens with one attached hydrogen (secondary N) is 1. The molecule has 1 aromatic heterocycles. The molecular formula is C9H17N5OS. The zero-order chi connectivity index (χ0) is 12.1. The van der Waals surface area contributed by atoms with Crippen molar-refractivity contribution in [2.75, 3.05) is 12.3 Å². The fourth-order valence-corrected chi connectivity index (χ4v) is 2.18. The van der Waals surface area contributed by atoms with Crippen LogP contribution in [0, 0.1) is 6.92 Å². The zero-order valence-corrected chi connectivity index (χ0v) is 10.5. The fourth-order valence-electron chi connectivity index (χ4n) is 1.16. The lowest BCUT2D eigenvalue weighted by atomic mass is 10.3. The molecule has 1 aromatic rings. The summed E-state index contributed by atoms with van der Waals surface area (Å²) in [4.78, 5) is 11.1. The van der Waals surface area contributed by atoms with Gasteiger partial charge in [0.2, 0.25) is 5.91 Å². The molecular weight excluding hydrogens is 226 g/mol. The van der Waals surface area contributed by atoms with Gasteiger partial charge in [-0.3, -0.25) is 4.79 Å². The molecule has 0 radical (unpaired) electrons. The second-order valence-corrected chi connectivity index (χ2v) is 4.40. The summed E-state index contributed by atoms with van der Waals surface area (Å²) in [6, 6.07) is -0.327. The smallest absolute Gasteiger partial charge is 0.235 e. The Bertz CT molecular complexity index is 365. The maximum Gasteiger partial charge on any atom is 0.235 e. The number of hydrogen-bond donors (Lipinski definition) is 2. The van der Waals surface area contributed by atoms with E-state index >= 15 is 0 Å². The Balaban J connectivity index is 2.55. The molecule has 1 heterocycles. The molecule has 3 N–H and O–H groups in total. The minimum absolute atomic E-state index is 0.327. The number of hydrogen-bond acceptors (Lipinski definition) is 5. The van der Waals surface area contributed by atoms with Gasteiger partial charge < -0.3 is 15.6 Å². The third kappa shape index (κ3) is 3.21. The van der Waals surface area contributed by atoms with Crippen molar-refractivity contribution in [3.63, 3.8) is 0 Å². The first-order valence-corrected chi connectivity index (χ1v) is 6.06. The molecule has 0 aromatic carbocycles. The van der Waals surface area contributed by atoms with Crippen molar-refractivity contribution in [1.29, 1.82) is 0 Å². The summed E-state index contributed by atoms with van der Waals surface area (Å²) in [5, 5.41) is 11.8. The lowest BCUT2D eigenvalue weighted by Crippen LogP contribution is -2.43. The van der Waals surface area contributed by atoms with Crippen LogP contribution in [0.25, 0.3) is 0 Å². The summed E-state index contributed by atoms with van der Waals surface area (Å²) in [5.74, 6) is 1.07. The molecule has 1 amide bonds. The Morgan fingerprint density at radius 2 is 2.31 bits per heavy atom. The van der Waals surface area contributed by atoms with Crippen molar-refractivity contribution < 1.29 is 4.79 Å². The van der Waals surface area contributed by atoms with Crippen LogP contribution < -0.4 is 11.1 Å². The van der Waals surface area contributed by atoms with Crippen LogP contribution >= 0.6 is 11.8 Å². The Morgan fingerprint density at radius 1 is 1.62 bits per heavy atom. The van der Waals surface area contributed by atoms with Crippen LogP contribution in [-0.4, -0.2) is 39.0 Å². The van der Waals surface area contributed by atoms with E-state index in [4.69, 9.17) is 5.73 Å². The van der Waals surface area contributed by atoms with E-state index in [9.17, 15) is 4.79 Å². The number of likely N-dealkylation sites (N-methyl/N-ethyl adjacent to an activating group) is 1. The van der Waals surface area contributed by atoms with Crippen molar-refractivity contribution in [1.82, 2.24) is 20.1 Å². The molecule has 7 heteroatoms. The number of nitrogens with two attached hydrogens (primary N) is 1. The number of aromatic nitrogens is 3. The van der Waals surface area contributed by atoms with E-state index in [0.717, 1.165) is 11.0 Å². The number of carbonyl (C=O) groups excluding carboxylic acids is 1. The van der Waals surface area contributed by atoms with Gasteiger partial charge in [-0.15, -0.1) is 10.2 Å². The molecule has 0 saturated carbocycles. The molecule has 1 rings (SSSR count). The SMILES string of the molecule is CCNC(CSc1nnc(C)n1C)C(N)=O. The topological polar surface area (TPSA) is 85.8 Å². The number of carbonyl (C=O) groups is 1. The molecule has 0 spiro atoms. The lowest BCUT2D eigenvalue weighted by molar-refractivity contribution is -0.119. The summed E-state index contributed by atoms with van der Waals surface area (Å²) in [7, 11) is 1.89. The van der Waals surface area contributed by atoms with E-state index in [-0.39, 0.29) is 11.9 Å². The number of nitrogens with zero attached hydrogens (tertiary/aromatic N) is 3. The number of rotatable bonds is 6. The van der Waals surface area contributed by atoms with Crippen molar-refractivity contribution in [2.24, 2.45) is 12.8 Å². The number of primary amides is 1. The summed E-state index contributed by atoms with van der Waals surface area (Å²) >= 11 is 1.47. The Morgan fingerprint density at radius 3 is 2.75 bits per heavy atom. The molecule has 90 valence electrons. The Hall–Kier alpha value is -1.08. The highest BCUT2D eigenvalue weighted by Gasteiger charge is 2.15. The lowest BCUT2D eigenvalue weighted by Gasteiger charge is -2.12. The molecule has 0 saturated heterocycles. The van der Waals surface area contributed by atoms with Crippen LogP contribution in [0.5, 0.6) is 0 Å². The number of amides is 1. The predicted octanol–water partition coefficient (Wildman–Crippen LogP) is -0.321. The minimum Gasteiger partial charge on any atom is -0.368 e. The van der Waals surface area contributed by atoms with Crippen LogP contribution in [0.4, 0.5) is 0 Å². The van der Waals surface area contributed by atoms with Gasteiger partial charge in [-0.25, -0.2) is 0 Å². The summed E-state index contributed by atoms with van der Waals surface area (Å²) in [6.07, 6.45) is 0. The van der Waals surface area contributed by atoms with E-state index in [1.54, 1.807) is 0 Å². The molecule has 0 aliphatic carbocycles. The van der Waals surface area contributed by atoms with Crippen molar-refractivity contribution in [3.05, 3.63) is 5.82 Å². The molecule has 0 fully saturated rings. The summed E-state index contributed by atoms with van der Waals surface area (Å²) in [6.45, 7) is 4.53. The molecule has 0 aliphatic heterocycles. The maximum atomic E-state index is 11.1. The molecule has 0 aliphatic rings. The number of thioether (sulfide) groups is 1. The third-order valence-electron chi connectivity index (χ3n) is 2.23. The van der Waals surface area contributed by atoms with Gasteiger partial charge in [-0.1, -0.05) is 18.7 Å². The quantitative estimate of drug-likeness (QED) is 0.669. The van der Waals surface area contributed by atoms with Gasteiger partial charge in [-0.05, 0) is 13.5 Å². The van der Waals surface area contributed by atoms with Gasteiger partial charge in [0.05, 0.1) is 6.04 Å². The highest BCUT2D eigenvalue weighted by atomic mass is 32.2. The van der Waals surface area contributed by atoms with E-state index in [1.165, 1.54) is 11.8 Å². The average molecular weight is 243 g/mol. The average Bonchev–Trinajstić information content (AvgIpc) is 2.55. The van der Waals surface area contributed by atoms with Gasteiger partial charge in [0.25, 0.3) is 0 Å². The van der Waals surface area contributed by atoms with Crippen LogP contribution in [-0.2, 0) is 11.8 Å². The minimum atomic E-state index is -0.340. The standard InChI is InChI=1S/C9H17N5OS/c1-4-11-7(8(10)15)5-16-9-13-12-6(2)14(9)3/h7,11H,4-5H2,1-3H3,(H2,10,15). The van der Waals surface area contributed by atoms with Crippen LogP contribution in [0.15, 0.2) is 5.16 Å². The summed E-state index contributed by atoms with van der Waals surface area (Å²) in [5.41, 5.74) is 5.27. The van der Waals surface area contributed by atoms with Crippen LogP contribution in [0.2, 0.25) is 0 Å². The van der Waals surface area contributed by atoms with Crippen molar-refractivity contribution in [3.8, 4) is 0 Å². The van der Waals surface area contributed by atoms with Crippen LogP contribution in [0.3, 0.4) is 0 Å². The summed E-state index contributed by atoms with van der Waals surface area (Å²) < 4.78 is 1.88. The predicted molar refractivity (Wildman–Crippen MR) is 63.1 cm³/mol. The second-order valence-electron chi connectivity index (χ2n) is 3.41. The van der Waals surface area contributed by atoms with Crippen molar-refractivity contribution in [2.45, 2.75) is 25.0 Å². The first-order valence-electron chi connectivity index (χ1n) is 5.07. The normalized spacial score (nSPS) is 12.7. The Labute approximate surface area is 99.0 Å². The number of aryl methyl sites for hydroxylation is 1. The van der Waals surface area contributed by atoms with E-state index in [2.05, 4.69) is 15.5 Å². The second kappa shape index (κ2) is 5.86. The zero-order valence-electron chi connectivity index (χ0n) is 9.73. The monoisotopic (exact) mass is 243 g/mol. The fraction of sp³-hybridized carbons (Fsp3) is 0.667.